The van der Waals surface area contributed by atoms with Gasteiger partial charge in [-0.3, -0.25) is 4.79 Å². The molecule has 0 atom stereocenters. The smallest absolute Gasteiger partial charge is 0.246 e. The Hall–Kier alpha value is -2.76. The monoisotopic (exact) mass is 370 g/mol. The highest BCUT2D eigenvalue weighted by atomic mass is 16.5. The van der Waals surface area contributed by atoms with Crippen LogP contribution in [0.1, 0.15) is 31.7 Å². The molecule has 0 spiro atoms. The SMILES string of the molecule is CCCCCN(C)c1ncc(-c2cc(/C=C\C(=O)N(C)C)ccc2OC)[nH]1. The van der Waals surface area contributed by atoms with Gasteiger partial charge in [0.25, 0.3) is 0 Å². The zero-order valence-corrected chi connectivity index (χ0v) is 17.0. The van der Waals surface area contributed by atoms with E-state index in [4.69, 9.17) is 4.74 Å². The van der Waals surface area contributed by atoms with E-state index in [1.54, 1.807) is 33.4 Å². The molecule has 1 N–H and O–H groups in total. The van der Waals surface area contributed by atoms with Crippen molar-refractivity contribution in [1.82, 2.24) is 14.9 Å². The van der Waals surface area contributed by atoms with Crippen molar-refractivity contribution in [3.05, 3.63) is 36.0 Å². The summed E-state index contributed by atoms with van der Waals surface area (Å²) in [5.41, 5.74) is 2.73. The molecule has 6 heteroatoms. The van der Waals surface area contributed by atoms with Gasteiger partial charge in [-0.15, -0.1) is 0 Å². The molecule has 0 aliphatic rings. The number of carbonyl (C=O) groups is 1. The van der Waals surface area contributed by atoms with E-state index in [-0.39, 0.29) is 5.91 Å². The van der Waals surface area contributed by atoms with Gasteiger partial charge in [-0.25, -0.2) is 4.98 Å². The first-order valence-corrected chi connectivity index (χ1v) is 9.30. The highest BCUT2D eigenvalue weighted by Crippen LogP contribution is 2.31. The van der Waals surface area contributed by atoms with E-state index in [2.05, 4.69) is 21.8 Å². The number of rotatable bonds is 9. The average Bonchev–Trinajstić information content (AvgIpc) is 3.16. The maximum atomic E-state index is 11.8. The maximum Gasteiger partial charge on any atom is 0.246 e. The third kappa shape index (κ3) is 5.61. The predicted molar refractivity (Wildman–Crippen MR) is 111 cm³/mol. The van der Waals surface area contributed by atoms with Crippen LogP contribution in [-0.4, -0.2) is 55.6 Å². The molecule has 0 aliphatic heterocycles. The summed E-state index contributed by atoms with van der Waals surface area (Å²) in [5.74, 6) is 1.55. The summed E-state index contributed by atoms with van der Waals surface area (Å²) in [7, 11) is 7.16. The fourth-order valence-electron chi connectivity index (χ4n) is 2.70. The number of ether oxygens (including phenoxy) is 1. The van der Waals surface area contributed by atoms with Crippen LogP contribution in [0.3, 0.4) is 0 Å². The molecule has 27 heavy (non-hydrogen) atoms. The second kappa shape index (κ2) is 9.80. The summed E-state index contributed by atoms with van der Waals surface area (Å²) in [4.78, 5) is 23.3. The van der Waals surface area contributed by atoms with Gasteiger partial charge in [0.05, 0.1) is 19.0 Å². The van der Waals surface area contributed by atoms with Crippen LogP contribution in [0.2, 0.25) is 0 Å². The Balaban J connectivity index is 2.24. The lowest BCUT2D eigenvalue weighted by Gasteiger charge is -2.15. The number of amides is 1. The van der Waals surface area contributed by atoms with Gasteiger partial charge in [0.15, 0.2) is 0 Å². The van der Waals surface area contributed by atoms with Gasteiger partial charge in [-0.2, -0.15) is 0 Å². The fraction of sp³-hybridized carbons (Fsp3) is 0.429. The fourth-order valence-corrected chi connectivity index (χ4v) is 2.70. The molecular weight excluding hydrogens is 340 g/mol. The number of nitrogens with one attached hydrogen (secondary N) is 1. The third-order valence-electron chi connectivity index (χ3n) is 4.39. The number of imidazole rings is 1. The average molecular weight is 370 g/mol. The minimum Gasteiger partial charge on any atom is -0.496 e. The van der Waals surface area contributed by atoms with Crippen molar-refractivity contribution in [1.29, 1.82) is 0 Å². The van der Waals surface area contributed by atoms with Crippen LogP contribution in [-0.2, 0) is 4.79 Å². The molecule has 0 saturated carbocycles. The van der Waals surface area contributed by atoms with E-state index >= 15 is 0 Å². The van der Waals surface area contributed by atoms with E-state index in [1.165, 1.54) is 17.7 Å². The molecular formula is C21H30N4O2. The number of carbonyl (C=O) groups excluding carboxylic acids is 1. The normalized spacial score (nSPS) is 11.0. The summed E-state index contributed by atoms with van der Waals surface area (Å²) in [6, 6.07) is 5.82. The Morgan fingerprint density at radius 1 is 1.26 bits per heavy atom. The lowest BCUT2D eigenvalue weighted by Crippen LogP contribution is -2.19. The molecule has 6 nitrogen and oxygen atoms in total. The predicted octanol–water partition coefficient (Wildman–Crippen LogP) is 3.81. The zero-order valence-electron chi connectivity index (χ0n) is 17.0. The number of aromatic nitrogens is 2. The van der Waals surface area contributed by atoms with Gasteiger partial charge >= 0.3 is 0 Å². The molecule has 0 radical (unpaired) electrons. The molecule has 1 aromatic carbocycles. The number of hydrogen-bond acceptors (Lipinski definition) is 4. The lowest BCUT2D eigenvalue weighted by molar-refractivity contribution is -0.123. The highest BCUT2D eigenvalue weighted by molar-refractivity contribution is 5.91. The molecule has 146 valence electrons. The number of nitrogens with zero attached hydrogens (tertiary/aromatic N) is 3. The first kappa shape index (κ1) is 20.6. The molecule has 0 fully saturated rings. The van der Waals surface area contributed by atoms with E-state index in [0.717, 1.165) is 41.5 Å². The van der Waals surface area contributed by atoms with Crippen molar-refractivity contribution in [2.75, 3.05) is 39.7 Å². The molecule has 0 aliphatic carbocycles. The Morgan fingerprint density at radius 3 is 2.70 bits per heavy atom. The topological polar surface area (TPSA) is 61.5 Å². The van der Waals surface area contributed by atoms with Crippen molar-refractivity contribution in [3.63, 3.8) is 0 Å². The quantitative estimate of drug-likeness (QED) is 0.538. The van der Waals surface area contributed by atoms with Crippen molar-refractivity contribution in [3.8, 4) is 17.0 Å². The summed E-state index contributed by atoms with van der Waals surface area (Å²) in [5, 5.41) is 0. The van der Waals surface area contributed by atoms with Crippen molar-refractivity contribution >= 4 is 17.9 Å². The molecule has 2 rings (SSSR count). The largest absolute Gasteiger partial charge is 0.496 e. The van der Waals surface area contributed by atoms with E-state index < -0.39 is 0 Å². The Labute approximate surface area is 161 Å². The minimum absolute atomic E-state index is 0.0510. The highest BCUT2D eigenvalue weighted by Gasteiger charge is 2.12. The van der Waals surface area contributed by atoms with Crippen LogP contribution < -0.4 is 9.64 Å². The second-order valence-corrected chi connectivity index (χ2v) is 6.77. The van der Waals surface area contributed by atoms with Crippen molar-refractivity contribution in [2.24, 2.45) is 0 Å². The second-order valence-electron chi connectivity index (χ2n) is 6.77. The summed E-state index contributed by atoms with van der Waals surface area (Å²) in [6.07, 6.45) is 8.75. The maximum absolute atomic E-state index is 11.8. The van der Waals surface area contributed by atoms with Crippen LogP contribution in [0.15, 0.2) is 30.5 Å². The van der Waals surface area contributed by atoms with Crippen LogP contribution in [0.4, 0.5) is 5.95 Å². The van der Waals surface area contributed by atoms with Crippen LogP contribution >= 0.6 is 0 Å². The number of H-pyrrole nitrogens is 1. The number of unbranched alkanes of at least 4 members (excludes halogenated alkanes) is 2. The van der Waals surface area contributed by atoms with Gasteiger partial charge in [0.2, 0.25) is 11.9 Å². The third-order valence-corrected chi connectivity index (χ3v) is 4.39. The molecule has 1 aromatic heterocycles. The summed E-state index contributed by atoms with van der Waals surface area (Å²) < 4.78 is 5.51. The zero-order chi connectivity index (χ0) is 19.8. The molecule has 0 unspecified atom stereocenters. The van der Waals surface area contributed by atoms with Gasteiger partial charge in [0.1, 0.15) is 5.75 Å². The molecule has 1 amide bonds. The van der Waals surface area contributed by atoms with Gasteiger partial charge in [0, 0.05) is 39.3 Å². The van der Waals surface area contributed by atoms with Gasteiger partial charge in [-0.1, -0.05) is 25.8 Å². The van der Waals surface area contributed by atoms with Crippen molar-refractivity contribution in [2.45, 2.75) is 26.2 Å². The van der Waals surface area contributed by atoms with Crippen LogP contribution in [0, 0.1) is 0 Å². The standard InChI is InChI=1S/C21H30N4O2/c1-6-7-8-13-25(4)21-22-15-18(23-21)17-14-16(9-11-19(17)27-5)10-12-20(26)24(2)3/h9-12,14-15H,6-8,13H2,1-5H3,(H,22,23)/b12-10-. The Morgan fingerprint density at radius 2 is 2.04 bits per heavy atom. The van der Waals surface area contributed by atoms with Gasteiger partial charge in [-0.05, 0) is 30.2 Å². The lowest BCUT2D eigenvalue weighted by atomic mass is 10.1. The van der Waals surface area contributed by atoms with E-state index in [1.807, 2.05) is 31.4 Å². The van der Waals surface area contributed by atoms with Gasteiger partial charge < -0.3 is 19.5 Å². The number of aromatic amines is 1. The molecule has 0 saturated heterocycles. The number of likely N-dealkylation sites (N-methyl/N-ethyl adjacent to an activating group) is 1. The van der Waals surface area contributed by atoms with Crippen LogP contribution in [0.25, 0.3) is 17.3 Å². The van der Waals surface area contributed by atoms with E-state index in [0.29, 0.717) is 0 Å². The Kier molecular flexibility index (Phi) is 7.46. The Bertz CT molecular complexity index is 780. The minimum atomic E-state index is -0.0510. The van der Waals surface area contributed by atoms with Crippen molar-refractivity contribution < 1.29 is 9.53 Å². The first-order valence-electron chi connectivity index (χ1n) is 9.30. The molecule has 0 bridgehead atoms. The number of hydrogen-bond donors (Lipinski definition) is 1. The molecule has 1 heterocycles. The summed E-state index contributed by atoms with van der Waals surface area (Å²) >= 11 is 0. The van der Waals surface area contributed by atoms with E-state index in [9.17, 15) is 4.79 Å². The first-order chi connectivity index (χ1) is 13.0. The van der Waals surface area contributed by atoms with Crippen LogP contribution in [0.5, 0.6) is 5.75 Å². The number of benzene rings is 1. The number of methoxy groups -OCH3 is 1. The summed E-state index contributed by atoms with van der Waals surface area (Å²) in [6.45, 7) is 3.16. The number of anilines is 1. The molecule has 2 aromatic rings.